The molecule has 2 heterocycles. The van der Waals surface area contributed by atoms with Gasteiger partial charge in [0.1, 0.15) is 11.7 Å². The van der Waals surface area contributed by atoms with Crippen LogP contribution in [0.25, 0.3) is 0 Å². The van der Waals surface area contributed by atoms with Crippen molar-refractivity contribution in [3.05, 3.63) is 71.2 Å². The zero-order valence-corrected chi connectivity index (χ0v) is 20.9. The second-order valence-corrected chi connectivity index (χ2v) is 8.75. The molecule has 1 saturated carbocycles. The highest BCUT2D eigenvalue weighted by Gasteiger charge is 2.53. The molecular formula is C28H30N2O6. The van der Waals surface area contributed by atoms with Gasteiger partial charge in [0, 0.05) is 35.6 Å². The highest BCUT2D eigenvalue weighted by atomic mass is 16.5. The number of allylic oxidation sites excluding steroid dienone is 1. The summed E-state index contributed by atoms with van der Waals surface area (Å²) in [7, 11) is 1.56. The van der Waals surface area contributed by atoms with E-state index in [2.05, 4.69) is 4.98 Å². The van der Waals surface area contributed by atoms with Gasteiger partial charge in [-0.1, -0.05) is 24.3 Å². The number of hydrogen-bond donors (Lipinski definition) is 0. The molecule has 0 saturated heterocycles. The minimum absolute atomic E-state index is 0.145. The number of carbonyl (C=O) groups is 3. The van der Waals surface area contributed by atoms with Crippen LogP contribution in [0, 0.1) is 11.8 Å². The summed E-state index contributed by atoms with van der Waals surface area (Å²) in [6.07, 6.45) is 3.60. The topological polar surface area (TPSA) is 104 Å². The maximum atomic E-state index is 14.3. The van der Waals surface area contributed by atoms with Crippen molar-refractivity contribution in [3.63, 3.8) is 0 Å². The van der Waals surface area contributed by atoms with Crippen LogP contribution in [0.5, 0.6) is 5.75 Å². The van der Waals surface area contributed by atoms with Crippen molar-refractivity contribution in [2.45, 2.75) is 39.0 Å². The minimum atomic E-state index is -1.08. The van der Waals surface area contributed by atoms with E-state index in [-0.39, 0.29) is 19.0 Å². The number of Topliss-reactive ketones (excluding diaryl/α,β-unsaturated/α-hetero) is 1. The molecule has 1 aromatic heterocycles. The summed E-state index contributed by atoms with van der Waals surface area (Å²) in [5, 5.41) is 0. The molecular weight excluding hydrogens is 460 g/mol. The summed E-state index contributed by atoms with van der Waals surface area (Å²) in [6.45, 7) is 5.52. The van der Waals surface area contributed by atoms with Gasteiger partial charge in [-0.2, -0.15) is 0 Å². The molecule has 4 rings (SSSR count). The van der Waals surface area contributed by atoms with Gasteiger partial charge in [0.25, 0.3) is 0 Å². The fourth-order valence-corrected chi connectivity index (χ4v) is 5.34. The van der Waals surface area contributed by atoms with E-state index in [9.17, 15) is 14.4 Å². The number of fused-ring (bicyclic) bond motifs is 1. The van der Waals surface area contributed by atoms with Gasteiger partial charge in [-0.15, -0.1) is 0 Å². The summed E-state index contributed by atoms with van der Waals surface area (Å²) in [6, 6.07) is 10.9. The molecule has 8 heteroatoms. The Labute approximate surface area is 210 Å². The molecule has 0 amide bonds. The first kappa shape index (κ1) is 25.3. The third-order valence-electron chi connectivity index (χ3n) is 6.77. The first-order valence-electron chi connectivity index (χ1n) is 12.1. The van der Waals surface area contributed by atoms with E-state index in [0.29, 0.717) is 34.7 Å². The predicted molar refractivity (Wildman–Crippen MR) is 133 cm³/mol. The predicted octanol–water partition coefficient (Wildman–Crippen LogP) is 4.02. The van der Waals surface area contributed by atoms with Gasteiger partial charge in [-0.25, -0.2) is 4.79 Å². The Hall–Kier alpha value is -3.81. The largest absolute Gasteiger partial charge is 0.496 e. The monoisotopic (exact) mass is 490 g/mol. The van der Waals surface area contributed by atoms with Gasteiger partial charge in [-0.05, 0) is 50.5 Å². The molecule has 0 bridgehead atoms. The number of carbonyl (C=O) groups excluding carboxylic acids is 3. The summed E-state index contributed by atoms with van der Waals surface area (Å²) in [5.41, 5.74) is 2.85. The number of para-hydroxylation sites is 1. The van der Waals surface area contributed by atoms with E-state index in [1.165, 1.54) is 0 Å². The SMILES string of the molecule is CCOC(=O)C1=C(C)N=C2C[C@H](c3ccccc3OC)[C@@H](C(=O)OCC)C(=O)C2[C@@H]1c1cccnc1. The second-order valence-electron chi connectivity index (χ2n) is 8.75. The molecule has 188 valence electrons. The van der Waals surface area contributed by atoms with Gasteiger partial charge < -0.3 is 14.2 Å². The van der Waals surface area contributed by atoms with Crippen LogP contribution in [0.4, 0.5) is 0 Å². The lowest BCUT2D eigenvalue weighted by molar-refractivity contribution is -0.153. The van der Waals surface area contributed by atoms with Crippen molar-refractivity contribution in [2.75, 3.05) is 20.3 Å². The molecule has 36 heavy (non-hydrogen) atoms. The fraction of sp³-hybridized carbons (Fsp3) is 0.393. The van der Waals surface area contributed by atoms with Crippen molar-refractivity contribution in [1.82, 2.24) is 4.98 Å². The summed E-state index contributed by atoms with van der Waals surface area (Å²) in [4.78, 5) is 49.6. The van der Waals surface area contributed by atoms with Crippen molar-refractivity contribution < 1.29 is 28.6 Å². The minimum Gasteiger partial charge on any atom is -0.496 e. The van der Waals surface area contributed by atoms with E-state index >= 15 is 0 Å². The number of esters is 2. The Morgan fingerprint density at radius 3 is 2.44 bits per heavy atom. The first-order valence-corrected chi connectivity index (χ1v) is 12.1. The van der Waals surface area contributed by atoms with E-state index < -0.39 is 35.6 Å². The number of rotatable bonds is 7. The van der Waals surface area contributed by atoms with Gasteiger partial charge >= 0.3 is 11.9 Å². The molecule has 1 aliphatic heterocycles. The number of methoxy groups -OCH3 is 1. The highest BCUT2D eigenvalue weighted by molar-refractivity contribution is 6.18. The number of ether oxygens (including phenoxy) is 3. The van der Waals surface area contributed by atoms with Crippen LogP contribution in [-0.4, -0.2) is 48.7 Å². The third kappa shape index (κ3) is 4.55. The molecule has 2 aliphatic rings. The van der Waals surface area contributed by atoms with Crippen LogP contribution in [0.2, 0.25) is 0 Å². The zero-order chi connectivity index (χ0) is 25.8. The van der Waals surface area contributed by atoms with Crippen LogP contribution >= 0.6 is 0 Å². The van der Waals surface area contributed by atoms with Crippen LogP contribution in [0.15, 0.2) is 65.1 Å². The zero-order valence-electron chi connectivity index (χ0n) is 20.9. The smallest absolute Gasteiger partial charge is 0.336 e. The Kier molecular flexibility index (Phi) is 7.62. The third-order valence-corrected chi connectivity index (χ3v) is 6.77. The van der Waals surface area contributed by atoms with Gasteiger partial charge in [0.05, 0.1) is 31.8 Å². The summed E-state index contributed by atoms with van der Waals surface area (Å²) in [5.74, 6) is -3.96. The van der Waals surface area contributed by atoms with Gasteiger partial charge in [0.15, 0.2) is 5.78 Å². The molecule has 1 aliphatic carbocycles. The van der Waals surface area contributed by atoms with Crippen molar-refractivity contribution in [2.24, 2.45) is 16.8 Å². The number of hydrogen-bond acceptors (Lipinski definition) is 8. The molecule has 8 nitrogen and oxygen atoms in total. The van der Waals surface area contributed by atoms with Crippen LogP contribution in [-0.2, 0) is 23.9 Å². The lowest BCUT2D eigenvalue weighted by atomic mass is 9.62. The van der Waals surface area contributed by atoms with Crippen LogP contribution < -0.4 is 4.74 Å². The van der Waals surface area contributed by atoms with Crippen LogP contribution in [0.1, 0.15) is 50.2 Å². The standard InChI is InChI=1S/C28H30N2O6/c1-5-35-27(32)22-16(3)30-20-14-19(18-11-7-8-12-21(18)34-4)24(28(33)36-6-2)26(31)25(20)23(22)17-10-9-13-29-15-17/h7-13,15,19,23-25H,5-6,14H2,1-4H3/t19-,23-,24-,25?/m1/s1. The number of ketones is 1. The average molecular weight is 491 g/mol. The quantitative estimate of drug-likeness (QED) is 0.426. The van der Waals surface area contributed by atoms with Crippen LogP contribution in [0.3, 0.4) is 0 Å². The van der Waals surface area contributed by atoms with E-state index in [1.54, 1.807) is 52.4 Å². The van der Waals surface area contributed by atoms with Gasteiger partial charge in [-0.3, -0.25) is 19.6 Å². The maximum absolute atomic E-state index is 14.3. The molecule has 1 unspecified atom stereocenters. The van der Waals surface area contributed by atoms with E-state index in [4.69, 9.17) is 19.2 Å². The molecule has 0 spiro atoms. The molecule has 0 radical (unpaired) electrons. The Bertz CT molecular complexity index is 1220. The molecule has 1 fully saturated rings. The second kappa shape index (κ2) is 10.8. The number of nitrogens with zero attached hydrogens (tertiary/aromatic N) is 2. The van der Waals surface area contributed by atoms with Crippen molar-refractivity contribution in [3.8, 4) is 5.75 Å². The summed E-state index contributed by atoms with van der Waals surface area (Å²) >= 11 is 0. The Morgan fingerprint density at radius 2 is 1.78 bits per heavy atom. The molecule has 0 N–H and O–H groups in total. The first-order chi connectivity index (χ1) is 17.4. The van der Waals surface area contributed by atoms with Crippen molar-refractivity contribution >= 4 is 23.4 Å². The average Bonchev–Trinajstić information content (AvgIpc) is 2.88. The number of benzene rings is 1. The van der Waals surface area contributed by atoms with Crippen molar-refractivity contribution in [1.29, 1.82) is 0 Å². The highest BCUT2D eigenvalue weighted by Crippen LogP contribution is 2.49. The van der Waals surface area contributed by atoms with E-state index in [1.807, 2.05) is 24.3 Å². The number of aliphatic imine (C=N–C) groups is 1. The lowest BCUT2D eigenvalue weighted by Crippen LogP contribution is -2.48. The maximum Gasteiger partial charge on any atom is 0.336 e. The number of aromatic nitrogens is 1. The Morgan fingerprint density at radius 1 is 1.03 bits per heavy atom. The Balaban J connectivity index is 1.90. The number of pyridine rings is 1. The van der Waals surface area contributed by atoms with Gasteiger partial charge in [0.2, 0.25) is 0 Å². The molecule has 2 aromatic rings. The normalized spacial score (nSPS) is 23.4. The summed E-state index contributed by atoms with van der Waals surface area (Å²) < 4.78 is 16.3. The van der Waals surface area contributed by atoms with E-state index in [0.717, 1.165) is 5.56 Å². The molecule has 4 atom stereocenters. The lowest BCUT2D eigenvalue weighted by Gasteiger charge is -2.41. The molecule has 1 aromatic carbocycles. The fourth-order valence-electron chi connectivity index (χ4n) is 5.34.